The number of nitrogens with zero attached hydrogens (tertiary/aromatic N) is 5. The van der Waals surface area contributed by atoms with Crippen molar-refractivity contribution in [2.45, 2.75) is 38.5 Å². The number of aromatic amines is 1. The summed E-state index contributed by atoms with van der Waals surface area (Å²) in [6.07, 6.45) is 1.46. The van der Waals surface area contributed by atoms with Gasteiger partial charge in [-0.1, -0.05) is 13.8 Å². The fourth-order valence-electron chi connectivity index (χ4n) is 4.04. The molecule has 0 radical (unpaired) electrons. The fraction of sp³-hybridized carbons (Fsp3) is 0.476. The van der Waals surface area contributed by atoms with Crippen molar-refractivity contribution in [1.29, 1.82) is 0 Å². The molecule has 188 valence electrons. The first-order chi connectivity index (χ1) is 15.3. The molecule has 4 rings (SSSR count). The van der Waals surface area contributed by atoms with Crippen molar-refractivity contribution >= 4 is 40.4 Å². The van der Waals surface area contributed by atoms with Gasteiger partial charge in [0.05, 0.1) is 16.2 Å². The molecule has 13 heteroatoms. The van der Waals surface area contributed by atoms with Crippen LogP contribution in [-0.2, 0) is 16.4 Å². The summed E-state index contributed by atoms with van der Waals surface area (Å²) in [6, 6.07) is 4.06. The van der Waals surface area contributed by atoms with Crippen molar-refractivity contribution in [1.82, 2.24) is 28.8 Å². The van der Waals surface area contributed by atoms with Gasteiger partial charge < -0.3 is 15.0 Å². The van der Waals surface area contributed by atoms with Crippen LogP contribution in [0.4, 0.5) is 0 Å². The molecule has 1 aromatic carbocycles. The number of halogens is 2. The molecule has 0 atom stereocenters. The van der Waals surface area contributed by atoms with E-state index in [0.29, 0.717) is 49.6 Å². The maximum atomic E-state index is 13.2. The number of rotatable bonds is 6. The smallest absolute Gasteiger partial charge is 0.277 e. The number of phenols is 1. The standard InChI is InChI=1S/C21H28N6O4S.2ClH/c1-4-6-18-22-14(3)19-21(29)23-20(24-27(18)19)16-13-15(7-8-17(16)28)32(30,31)26-11-9-25(5-2)10-12-26;;/h7-8,13,28H,4-6,9-12H2,1-3H3,(H,23,24,29);2*1H. The summed E-state index contributed by atoms with van der Waals surface area (Å²) in [6.45, 7) is 8.84. The van der Waals surface area contributed by atoms with E-state index in [2.05, 4.69) is 26.9 Å². The summed E-state index contributed by atoms with van der Waals surface area (Å²) >= 11 is 0. The number of aryl methyl sites for hydroxylation is 2. The van der Waals surface area contributed by atoms with Crippen molar-refractivity contribution < 1.29 is 13.5 Å². The van der Waals surface area contributed by atoms with Crippen LogP contribution in [0.25, 0.3) is 16.9 Å². The Morgan fingerprint density at radius 2 is 1.79 bits per heavy atom. The molecule has 1 saturated heterocycles. The number of fused-ring (bicyclic) bond motifs is 1. The number of hydrogen-bond acceptors (Lipinski definition) is 7. The highest BCUT2D eigenvalue weighted by atomic mass is 35.5. The molecule has 1 aliphatic rings. The lowest BCUT2D eigenvalue weighted by molar-refractivity contribution is 0.196. The zero-order valence-corrected chi connectivity index (χ0v) is 21.8. The van der Waals surface area contributed by atoms with Gasteiger partial charge in [-0.3, -0.25) is 4.79 Å². The van der Waals surface area contributed by atoms with Gasteiger partial charge in [-0.05, 0) is 38.1 Å². The number of aromatic nitrogens is 4. The molecule has 0 spiro atoms. The minimum atomic E-state index is -3.75. The van der Waals surface area contributed by atoms with Gasteiger partial charge in [0.25, 0.3) is 5.56 Å². The maximum Gasteiger partial charge on any atom is 0.277 e. The van der Waals surface area contributed by atoms with Crippen molar-refractivity contribution in [3.05, 3.63) is 40.1 Å². The van der Waals surface area contributed by atoms with Gasteiger partial charge >= 0.3 is 0 Å². The van der Waals surface area contributed by atoms with Crippen LogP contribution >= 0.6 is 24.8 Å². The number of hydrogen-bond donors (Lipinski definition) is 2. The third-order valence-electron chi connectivity index (χ3n) is 5.86. The molecule has 10 nitrogen and oxygen atoms in total. The first-order valence-corrected chi connectivity index (χ1v) is 12.2. The summed E-state index contributed by atoms with van der Waals surface area (Å²) in [5, 5.41) is 15.0. The topological polar surface area (TPSA) is 124 Å². The highest BCUT2D eigenvalue weighted by molar-refractivity contribution is 7.89. The molecule has 0 amide bonds. The normalized spacial score (nSPS) is 15.1. The molecule has 3 aromatic rings. The first-order valence-electron chi connectivity index (χ1n) is 10.8. The minimum absolute atomic E-state index is 0. The average Bonchev–Trinajstić information content (AvgIpc) is 3.09. The molecule has 0 aliphatic carbocycles. The zero-order valence-electron chi connectivity index (χ0n) is 19.3. The number of nitrogens with one attached hydrogen (secondary N) is 1. The number of benzene rings is 1. The Bertz CT molecular complexity index is 1320. The van der Waals surface area contributed by atoms with Crippen LogP contribution in [0.15, 0.2) is 27.9 Å². The second-order valence-corrected chi connectivity index (χ2v) is 9.88. The molecule has 0 bridgehead atoms. The van der Waals surface area contributed by atoms with Gasteiger partial charge in [-0.15, -0.1) is 29.9 Å². The molecular formula is C21H30Cl2N6O4S. The number of H-pyrrole nitrogens is 1. The molecule has 2 N–H and O–H groups in total. The Kier molecular flexibility index (Phi) is 9.11. The van der Waals surface area contributed by atoms with Crippen LogP contribution in [0.3, 0.4) is 0 Å². The van der Waals surface area contributed by atoms with E-state index in [-0.39, 0.29) is 46.8 Å². The molecular weight excluding hydrogens is 503 g/mol. The van der Waals surface area contributed by atoms with Crippen LogP contribution in [0.1, 0.15) is 31.8 Å². The Morgan fingerprint density at radius 3 is 2.41 bits per heavy atom. The fourth-order valence-corrected chi connectivity index (χ4v) is 5.49. The second-order valence-electron chi connectivity index (χ2n) is 7.94. The number of sulfonamides is 1. The van der Waals surface area contributed by atoms with Crippen molar-refractivity contribution in [3.8, 4) is 17.1 Å². The molecule has 1 fully saturated rings. The number of piperazine rings is 1. The van der Waals surface area contributed by atoms with Gasteiger partial charge in [-0.2, -0.15) is 4.31 Å². The van der Waals surface area contributed by atoms with Gasteiger partial charge in [0.2, 0.25) is 10.0 Å². The summed E-state index contributed by atoms with van der Waals surface area (Å²) < 4.78 is 29.4. The third kappa shape index (κ3) is 5.08. The van der Waals surface area contributed by atoms with Crippen LogP contribution < -0.4 is 5.56 Å². The Hall–Kier alpha value is -2.18. The SMILES string of the molecule is CCCc1nc(C)c2c(=O)[nH]c(-c3cc(S(=O)(=O)N4CCN(CC)CC4)ccc3O)nn12.Cl.Cl. The molecule has 34 heavy (non-hydrogen) atoms. The predicted molar refractivity (Wildman–Crippen MR) is 135 cm³/mol. The molecule has 2 aromatic heterocycles. The monoisotopic (exact) mass is 532 g/mol. The number of likely N-dealkylation sites (N-methyl/N-ethyl adjacent to an activating group) is 1. The molecule has 3 heterocycles. The number of imidazole rings is 1. The molecule has 0 unspecified atom stereocenters. The first kappa shape index (κ1) is 28.1. The second kappa shape index (κ2) is 11.0. The van der Waals surface area contributed by atoms with E-state index in [1.807, 2.05) is 6.92 Å². The van der Waals surface area contributed by atoms with Crippen molar-refractivity contribution in [2.75, 3.05) is 32.7 Å². The van der Waals surface area contributed by atoms with E-state index in [1.54, 1.807) is 6.92 Å². The van der Waals surface area contributed by atoms with Crippen LogP contribution in [0, 0.1) is 6.92 Å². The van der Waals surface area contributed by atoms with Gasteiger partial charge in [-0.25, -0.2) is 17.9 Å². The Labute approximate surface area is 210 Å². The van der Waals surface area contributed by atoms with Crippen LogP contribution in [0.5, 0.6) is 5.75 Å². The Balaban J connectivity index is 0.00000204. The van der Waals surface area contributed by atoms with E-state index < -0.39 is 15.6 Å². The van der Waals surface area contributed by atoms with Crippen LogP contribution in [0.2, 0.25) is 0 Å². The minimum Gasteiger partial charge on any atom is -0.507 e. The van der Waals surface area contributed by atoms with Gasteiger partial charge in [0.15, 0.2) is 11.3 Å². The van der Waals surface area contributed by atoms with E-state index in [0.717, 1.165) is 13.0 Å². The van der Waals surface area contributed by atoms with Gasteiger partial charge in [0.1, 0.15) is 11.6 Å². The van der Waals surface area contributed by atoms with E-state index >= 15 is 0 Å². The summed E-state index contributed by atoms with van der Waals surface area (Å²) in [4.78, 5) is 22.1. The lowest BCUT2D eigenvalue weighted by Crippen LogP contribution is -2.48. The predicted octanol–water partition coefficient (Wildman–Crippen LogP) is 2.22. The van der Waals surface area contributed by atoms with Crippen molar-refractivity contribution in [2.24, 2.45) is 0 Å². The van der Waals surface area contributed by atoms with E-state index in [4.69, 9.17) is 0 Å². The maximum absolute atomic E-state index is 13.2. The van der Waals surface area contributed by atoms with Gasteiger partial charge in [0, 0.05) is 32.6 Å². The highest BCUT2D eigenvalue weighted by Crippen LogP contribution is 2.30. The third-order valence-corrected chi connectivity index (χ3v) is 7.75. The summed E-state index contributed by atoms with van der Waals surface area (Å²) in [5.41, 5.74) is 0.659. The summed E-state index contributed by atoms with van der Waals surface area (Å²) in [7, 11) is -3.75. The molecule has 0 saturated carbocycles. The lowest BCUT2D eigenvalue weighted by atomic mass is 10.2. The van der Waals surface area contributed by atoms with Crippen LogP contribution in [-0.4, -0.2) is 75.0 Å². The quantitative estimate of drug-likeness (QED) is 0.498. The van der Waals surface area contributed by atoms with Crippen molar-refractivity contribution in [3.63, 3.8) is 0 Å². The molecule has 1 aliphatic heterocycles. The van der Waals surface area contributed by atoms with E-state index in [1.165, 1.54) is 27.0 Å². The van der Waals surface area contributed by atoms with E-state index in [9.17, 15) is 18.3 Å². The summed E-state index contributed by atoms with van der Waals surface area (Å²) in [5.74, 6) is 0.558. The lowest BCUT2D eigenvalue weighted by Gasteiger charge is -2.33. The largest absolute Gasteiger partial charge is 0.507 e. The number of phenolic OH excluding ortho intramolecular Hbond substituents is 1. The highest BCUT2D eigenvalue weighted by Gasteiger charge is 2.29. The Morgan fingerprint density at radius 1 is 1.12 bits per heavy atom. The average molecular weight is 533 g/mol. The number of aromatic hydroxyl groups is 1. The zero-order chi connectivity index (χ0) is 23.0.